The monoisotopic (exact) mass is 211 g/mol. The Morgan fingerprint density at radius 1 is 1.57 bits per heavy atom. The van der Waals surface area contributed by atoms with Crippen LogP contribution in [0.1, 0.15) is 29.5 Å². The van der Waals surface area contributed by atoms with E-state index in [1.54, 1.807) is 11.3 Å². The molecule has 0 amide bonds. The fourth-order valence-electron chi connectivity index (χ4n) is 1.68. The van der Waals surface area contributed by atoms with E-state index >= 15 is 0 Å². The van der Waals surface area contributed by atoms with Crippen molar-refractivity contribution in [2.24, 2.45) is 5.16 Å². The van der Waals surface area contributed by atoms with Gasteiger partial charge in [-0.25, -0.2) is 4.98 Å². The summed E-state index contributed by atoms with van der Waals surface area (Å²) in [5.74, 6) is 0.585. The van der Waals surface area contributed by atoms with Gasteiger partial charge in [0.05, 0.1) is 16.9 Å². The van der Waals surface area contributed by atoms with Crippen molar-refractivity contribution in [2.75, 3.05) is 13.1 Å². The van der Waals surface area contributed by atoms with Crippen LogP contribution >= 0.6 is 11.3 Å². The standard InChI is InChI=1S/C9H13N3OS/c13-11-5-8-6-14-9(12-8)7-1-3-10-4-2-7/h5-7,10,13H,1-4H2. The average Bonchev–Trinajstić information content (AvgIpc) is 2.68. The minimum Gasteiger partial charge on any atom is -0.411 e. The molecule has 0 unspecified atom stereocenters. The molecule has 14 heavy (non-hydrogen) atoms. The maximum absolute atomic E-state index is 8.36. The van der Waals surface area contributed by atoms with Crippen molar-refractivity contribution < 1.29 is 5.21 Å². The number of nitrogens with zero attached hydrogens (tertiary/aromatic N) is 2. The summed E-state index contributed by atoms with van der Waals surface area (Å²) >= 11 is 1.65. The SMILES string of the molecule is ON=Cc1csc(C2CCNCC2)n1. The summed E-state index contributed by atoms with van der Waals surface area (Å²) in [4.78, 5) is 4.41. The first-order valence-electron chi connectivity index (χ1n) is 4.73. The van der Waals surface area contributed by atoms with Crippen molar-refractivity contribution in [1.29, 1.82) is 0 Å². The van der Waals surface area contributed by atoms with Gasteiger partial charge >= 0.3 is 0 Å². The fourth-order valence-corrected chi connectivity index (χ4v) is 2.62. The van der Waals surface area contributed by atoms with Gasteiger partial charge < -0.3 is 10.5 Å². The Balaban J connectivity index is 2.07. The summed E-state index contributed by atoms with van der Waals surface area (Å²) < 4.78 is 0. The molecule has 0 aromatic carbocycles. The Labute approximate surface area is 86.7 Å². The molecule has 1 aliphatic heterocycles. The molecule has 0 bridgehead atoms. The highest BCUT2D eigenvalue weighted by atomic mass is 32.1. The van der Waals surface area contributed by atoms with Crippen LogP contribution in [0.4, 0.5) is 0 Å². The molecule has 2 heterocycles. The first kappa shape index (κ1) is 9.61. The summed E-state index contributed by atoms with van der Waals surface area (Å²) in [5, 5.41) is 17.8. The molecule has 1 fully saturated rings. The molecule has 4 nitrogen and oxygen atoms in total. The van der Waals surface area contributed by atoms with Gasteiger partial charge in [-0.05, 0) is 25.9 Å². The van der Waals surface area contributed by atoms with Gasteiger partial charge in [0, 0.05) is 11.3 Å². The van der Waals surface area contributed by atoms with Crippen LogP contribution in [0.5, 0.6) is 0 Å². The zero-order valence-electron chi connectivity index (χ0n) is 7.81. The Bertz CT molecular complexity index is 318. The molecule has 1 aromatic heterocycles. The zero-order chi connectivity index (χ0) is 9.80. The van der Waals surface area contributed by atoms with Crippen molar-refractivity contribution in [2.45, 2.75) is 18.8 Å². The summed E-state index contributed by atoms with van der Waals surface area (Å²) in [5.41, 5.74) is 0.756. The maximum atomic E-state index is 8.36. The van der Waals surface area contributed by atoms with Gasteiger partial charge in [-0.2, -0.15) is 0 Å². The molecular weight excluding hydrogens is 198 g/mol. The number of piperidine rings is 1. The van der Waals surface area contributed by atoms with Crippen LogP contribution in [0.15, 0.2) is 10.5 Å². The molecule has 1 aliphatic rings. The molecule has 0 saturated carbocycles. The number of hydrogen-bond acceptors (Lipinski definition) is 5. The second-order valence-electron chi connectivity index (χ2n) is 3.38. The third-order valence-electron chi connectivity index (χ3n) is 2.42. The van der Waals surface area contributed by atoms with Crippen LogP contribution in [-0.4, -0.2) is 29.5 Å². The van der Waals surface area contributed by atoms with Gasteiger partial charge in [0.2, 0.25) is 0 Å². The Hall–Kier alpha value is -0.940. The van der Waals surface area contributed by atoms with Gasteiger partial charge in [0.15, 0.2) is 0 Å². The number of nitrogens with one attached hydrogen (secondary N) is 1. The number of aromatic nitrogens is 1. The van der Waals surface area contributed by atoms with E-state index in [-0.39, 0.29) is 0 Å². The number of hydrogen-bond donors (Lipinski definition) is 2. The lowest BCUT2D eigenvalue weighted by Gasteiger charge is -2.20. The predicted molar refractivity (Wildman–Crippen MR) is 56.3 cm³/mol. The van der Waals surface area contributed by atoms with E-state index in [0.717, 1.165) is 31.6 Å². The second-order valence-corrected chi connectivity index (χ2v) is 4.27. The van der Waals surface area contributed by atoms with E-state index in [1.165, 1.54) is 11.2 Å². The highest BCUT2D eigenvalue weighted by Crippen LogP contribution is 2.27. The molecule has 2 rings (SSSR count). The first-order valence-corrected chi connectivity index (χ1v) is 5.61. The lowest BCUT2D eigenvalue weighted by molar-refractivity contribution is 0.321. The fraction of sp³-hybridized carbons (Fsp3) is 0.556. The van der Waals surface area contributed by atoms with Crippen molar-refractivity contribution in [3.05, 3.63) is 16.1 Å². The summed E-state index contributed by atoms with van der Waals surface area (Å²) in [6, 6.07) is 0. The summed E-state index contributed by atoms with van der Waals surface area (Å²) in [6.45, 7) is 2.15. The van der Waals surface area contributed by atoms with Crippen molar-refractivity contribution in [1.82, 2.24) is 10.3 Å². The molecule has 1 saturated heterocycles. The molecule has 0 radical (unpaired) electrons. The second kappa shape index (κ2) is 4.52. The molecule has 1 aromatic rings. The molecule has 0 spiro atoms. The van der Waals surface area contributed by atoms with Crippen LogP contribution in [0.25, 0.3) is 0 Å². The third kappa shape index (κ3) is 2.10. The minimum atomic E-state index is 0.585. The normalized spacial score (nSPS) is 19.1. The number of oxime groups is 1. The topological polar surface area (TPSA) is 57.5 Å². The van der Waals surface area contributed by atoms with Crippen molar-refractivity contribution in [3.8, 4) is 0 Å². The van der Waals surface area contributed by atoms with Crippen LogP contribution in [0, 0.1) is 0 Å². The van der Waals surface area contributed by atoms with E-state index < -0.39 is 0 Å². The van der Waals surface area contributed by atoms with Gasteiger partial charge in [-0.15, -0.1) is 11.3 Å². The van der Waals surface area contributed by atoms with Gasteiger partial charge in [-0.3, -0.25) is 0 Å². The lowest BCUT2D eigenvalue weighted by Crippen LogP contribution is -2.26. The quantitative estimate of drug-likeness (QED) is 0.442. The Morgan fingerprint density at radius 2 is 2.36 bits per heavy atom. The van der Waals surface area contributed by atoms with Crippen LogP contribution < -0.4 is 5.32 Å². The Kier molecular flexibility index (Phi) is 3.10. The van der Waals surface area contributed by atoms with E-state index in [9.17, 15) is 0 Å². The number of rotatable bonds is 2. The summed E-state index contributed by atoms with van der Waals surface area (Å²) in [7, 11) is 0. The van der Waals surface area contributed by atoms with Gasteiger partial charge in [0.1, 0.15) is 0 Å². The average molecular weight is 211 g/mol. The van der Waals surface area contributed by atoms with Gasteiger partial charge in [0.25, 0.3) is 0 Å². The maximum Gasteiger partial charge on any atom is 0.0965 e. The zero-order valence-corrected chi connectivity index (χ0v) is 8.63. The van der Waals surface area contributed by atoms with E-state index in [0.29, 0.717) is 5.92 Å². The Morgan fingerprint density at radius 3 is 3.07 bits per heavy atom. The minimum absolute atomic E-state index is 0.585. The van der Waals surface area contributed by atoms with E-state index in [2.05, 4.69) is 15.5 Å². The highest BCUT2D eigenvalue weighted by Gasteiger charge is 2.17. The van der Waals surface area contributed by atoms with E-state index in [1.807, 2.05) is 5.38 Å². The van der Waals surface area contributed by atoms with Crippen LogP contribution in [0.3, 0.4) is 0 Å². The molecule has 0 aliphatic carbocycles. The third-order valence-corrected chi connectivity index (χ3v) is 3.44. The van der Waals surface area contributed by atoms with Crippen LogP contribution in [0.2, 0.25) is 0 Å². The smallest absolute Gasteiger partial charge is 0.0965 e. The van der Waals surface area contributed by atoms with Crippen LogP contribution in [-0.2, 0) is 0 Å². The van der Waals surface area contributed by atoms with Crippen molar-refractivity contribution in [3.63, 3.8) is 0 Å². The van der Waals surface area contributed by atoms with Gasteiger partial charge in [-0.1, -0.05) is 5.16 Å². The number of thiazole rings is 1. The highest BCUT2D eigenvalue weighted by molar-refractivity contribution is 7.09. The molecule has 0 atom stereocenters. The molecule has 2 N–H and O–H groups in total. The van der Waals surface area contributed by atoms with Crippen molar-refractivity contribution >= 4 is 17.6 Å². The lowest BCUT2D eigenvalue weighted by atomic mass is 9.99. The predicted octanol–water partition coefficient (Wildman–Crippen LogP) is 1.42. The molecular formula is C9H13N3OS. The molecule has 76 valence electrons. The summed E-state index contributed by atoms with van der Waals surface area (Å²) in [6.07, 6.45) is 3.69. The first-order chi connectivity index (χ1) is 6.90. The molecule has 5 heteroatoms. The largest absolute Gasteiger partial charge is 0.411 e. The van der Waals surface area contributed by atoms with E-state index in [4.69, 9.17) is 5.21 Å².